The first-order chi connectivity index (χ1) is 19.6. The Kier molecular flexibility index (Phi) is 10.0. The minimum absolute atomic E-state index is 0.0648. The van der Waals surface area contributed by atoms with E-state index in [1.165, 1.54) is 26.7 Å². The van der Waals surface area contributed by atoms with Crippen LogP contribution >= 0.6 is 11.3 Å². The Balaban J connectivity index is 1.32. The number of aliphatic imine (C=N–C) groups is 1. The summed E-state index contributed by atoms with van der Waals surface area (Å²) in [5.41, 5.74) is 11.6. The summed E-state index contributed by atoms with van der Waals surface area (Å²) in [7, 11) is -3.70. The molecule has 1 saturated heterocycles. The number of ketones is 1. The fourth-order valence-corrected chi connectivity index (χ4v) is 6.68. The Labute approximate surface area is 242 Å². The molecule has 1 aromatic heterocycles. The molecule has 1 unspecified atom stereocenters. The lowest BCUT2D eigenvalue weighted by atomic mass is 10.0. The third-order valence-electron chi connectivity index (χ3n) is 6.76. The van der Waals surface area contributed by atoms with Gasteiger partial charge in [-0.05, 0) is 35.6 Å². The SMILES string of the molecule is NC(N)=NCCCC(NC(=O)CN1CCN(S(=O)(=O)CCc2cccc3ccccc23)CC1=O)C(=O)c1nccs1. The van der Waals surface area contributed by atoms with Gasteiger partial charge < -0.3 is 21.7 Å². The normalized spacial score (nSPS) is 15.0. The molecule has 0 saturated carbocycles. The maximum atomic E-state index is 13.1. The molecule has 14 heteroatoms. The number of amides is 2. The first kappa shape index (κ1) is 30.1. The average Bonchev–Trinajstić information content (AvgIpc) is 3.49. The smallest absolute Gasteiger partial charge is 0.240 e. The van der Waals surface area contributed by atoms with Crippen molar-refractivity contribution in [1.29, 1.82) is 0 Å². The lowest BCUT2D eigenvalue weighted by Crippen LogP contribution is -2.55. The van der Waals surface area contributed by atoms with Crippen molar-refractivity contribution in [3.8, 4) is 0 Å². The largest absolute Gasteiger partial charge is 0.370 e. The summed E-state index contributed by atoms with van der Waals surface area (Å²) < 4.78 is 27.3. The van der Waals surface area contributed by atoms with E-state index >= 15 is 0 Å². The number of carbonyl (C=O) groups excluding carboxylic acids is 3. The minimum atomic E-state index is -3.70. The highest BCUT2D eigenvalue weighted by Gasteiger charge is 2.33. The molecule has 41 heavy (non-hydrogen) atoms. The van der Waals surface area contributed by atoms with Crippen molar-refractivity contribution in [2.24, 2.45) is 16.5 Å². The summed E-state index contributed by atoms with van der Waals surface area (Å²) in [6, 6.07) is 12.7. The van der Waals surface area contributed by atoms with Crippen LogP contribution in [0, 0.1) is 0 Å². The molecule has 0 bridgehead atoms. The Hall–Kier alpha value is -3.88. The van der Waals surface area contributed by atoms with Gasteiger partial charge in [0.05, 0.1) is 24.9 Å². The number of thiazole rings is 1. The molecule has 1 fully saturated rings. The van der Waals surface area contributed by atoms with E-state index in [-0.39, 0.29) is 61.6 Å². The number of nitrogens with one attached hydrogen (secondary N) is 1. The van der Waals surface area contributed by atoms with Crippen molar-refractivity contribution in [2.45, 2.75) is 25.3 Å². The van der Waals surface area contributed by atoms with Gasteiger partial charge in [-0.2, -0.15) is 4.31 Å². The van der Waals surface area contributed by atoms with Crippen LogP contribution in [0.25, 0.3) is 10.8 Å². The van der Waals surface area contributed by atoms with Gasteiger partial charge in [-0.15, -0.1) is 11.3 Å². The number of piperazine rings is 1. The molecule has 12 nitrogen and oxygen atoms in total. The highest BCUT2D eigenvalue weighted by Crippen LogP contribution is 2.20. The summed E-state index contributed by atoms with van der Waals surface area (Å²) in [5.74, 6) is -1.54. The molecule has 2 heterocycles. The summed E-state index contributed by atoms with van der Waals surface area (Å²) in [6.07, 6.45) is 2.54. The van der Waals surface area contributed by atoms with E-state index in [1.807, 2.05) is 42.5 Å². The van der Waals surface area contributed by atoms with Gasteiger partial charge in [0.2, 0.25) is 27.6 Å². The zero-order chi connectivity index (χ0) is 29.4. The Bertz CT molecular complexity index is 1520. The van der Waals surface area contributed by atoms with Crippen LogP contribution in [0.3, 0.4) is 0 Å². The van der Waals surface area contributed by atoms with E-state index in [9.17, 15) is 22.8 Å². The first-order valence-electron chi connectivity index (χ1n) is 13.1. The van der Waals surface area contributed by atoms with E-state index in [2.05, 4.69) is 15.3 Å². The Morgan fingerprint density at radius 1 is 1.12 bits per heavy atom. The standard InChI is InChI=1S/C27H33N7O5S2/c28-27(29)31-11-4-9-22(25(37)26-30-12-15-40-26)32-23(35)17-33-13-14-34(18-24(33)36)41(38,39)16-10-20-7-3-6-19-5-1-2-8-21(19)20/h1-3,5-8,12,15,22H,4,9-11,13-14,16-18H2,(H,32,35)(H4,28,29,31). The fraction of sp³-hybridized carbons (Fsp3) is 0.370. The van der Waals surface area contributed by atoms with E-state index < -0.39 is 27.9 Å². The zero-order valence-electron chi connectivity index (χ0n) is 22.4. The van der Waals surface area contributed by atoms with Crippen molar-refractivity contribution in [3.05, 3.63) is 64.6 Å². The average molecular weight is 600 g/mol. The second-order valence-corrected chi connectivity index (χ2v) is 12.6. The highest BCUT2D eigenvalue weighted by atomic mass is 32.2. The van der Waals surface area contributed by atoms with Crippen molar-refractivity contribution in [2.75, 3.05) is 38.5 Å². The van der Waals surface area contributed by atoms with Crippen LogP contribution in [0.5, 0.6) is 0 Å². The number of nitrogens with zero attached hydrogens (tertiary/aromatic N) is 4. The van der Waals surface area contributed by atoms with Gasteiger partial charge in [-0.25, -0.2) is 13.4 Å². The Morgan fingerprint density at radius 3 is 2.63 bits per heavy atom. The van der Waals surface area contributed by atoms with Crippen molar-refractivity contribution >= 4 is 55.7 Å². The van der Waals surface area contributed by atoms with E-state index in [0.29, 0.717) is 12.8 Å². The van der Waals surface area contributed by atoms with Crippen LogP contribution in [-0.4, -0.2) is 90.7 Å². The topological polar surface area (TPSA) is 181 Å². The second-order valence-electron chi connectivity index (χ2n) is 9.62. The van der Waals surface area contributed by atoms with Crippen molar-refractivity contribution in [3.63, 3.8) is 0 Å². The Morgan fingerprint density at radius 2 is 1.90 bits per heavy atom. The predicted molar refractivity (Wildman–Crippen MR) is 158 cm³/mol. The maximum Gasteiger partial charge on any atom is 0.240 e. The van der Waals surface area contributed by atoms with Gasteiger partial charge in [0, 0.05) is 31.2 Å². The molecule has 0 aliphatic carbocycles. The number of nitrogens with two attached hydrogens (primary N) is 2. The number of hydrogen-bond acceptors (Lipinski definition) is 8. The van der Waals surface area contributed by atoms with E-state index in [1.54, 1.807) is 5.38 Å². The monoisotopic (exact) mass is 599 g/mol. The van der Waals surface area contributed by atoms with Crippen LogP contribution in [0.2, 0.25) is 0 Å². The quantitative estimate of drug-likeness (QED) is 0.111. The number of aromatic nitrogens is 1. The van der Waals surface area contributed by atoms with Crippen LogP contribution < -0.4 is 16.8 Å². The molecule has 0 radical (unpaired) electrons. The third kappa shape index (κ3) is 8.08. The number of carbonyl (C=O) groups is 3. The second kappa shape index (κ2) is 13.7. The van der Waals surface area contributed by atoms with Crippen LogP contribution in [0.4, 0.5) is 0 Å². The lowest BCUT2D eigenvalue weighted by molar-refractivity contribution is -0.138. The number of Topliss-reactive ketones (excluding diaryl/α,β-unsaturated/α-hetero) is 1. The number of aryl methyl sites for hydroxylation is 1. The first-order valence-corrected chi connectivity index (χ1v) is 15.6. The molecule has 0 spiro atoms. The maximum absolute atomic E-state index is 13.1. The molecule has 1 aliphatic rings. The molecule has 4 rings (SSSR count). The van der Waals surface area contributed by atoms with Gasteiger partial charge in [0.25, 0.3) is 0 Å². The molecule has 1 aliphatic heterocycles. The van der Waals surface area contributed by atoms with Crippen LogP contribution in [-0.2, 0) is 26.0 Å². The number of guanidine groups is 1. The van der Waals surface area contributed by atoms with Gasteiger partial charge in [0.1, 0.15) is 0 Å². The van der Waals surface area contributed by atoms with Gasteiger partial charge in [-0.1, -0.05) is 42.5 Å². The zero-order valence-corrected chi connectivity index (χ0v) is 24.1. The molecule has 218 valence electrons. The van der Waals surface area contributed by atoms with E-state index in [0.717, 1.165) is 16.3 Å². The molecular formula is C27H33N7O5S2. The van der Waals surface area contributed by atoms with Crippen LogP contribution in [0.15, 0.2) is 59.0 Å². The van der Waals surface area contributed by atoms with E-state index in [4.69, 9.17) is 11.5 Å². The number of fused-ring (bicyclic) bond motifs is 1. The minimum Gasteiger partial charge on any atom is -0.370 e. The van der Waals surface area contributed by atoms with Crippen LogP contribution in [0.1, 0.15) is 28.2 Å². The molecule has 1 atom stereocenters. The summed E-state index contributed by atoms with van der Waals surface area (Å²) >= 11 is 1.17. The van der Waals surface area contributed by atoms with Gasteiger partial charge in [-0.3, -0.25) is 19.4 Å². The number of rotatable bonds is 13. The van der Waals surface area contributed by atoms with Crippen molar-refractivity contribution in [1.82, 2.24) is 19.5 Å². The molecule has 5 N–H and O–H groups in total. The number of hydrogen-bond donors (Lipinski definition) is 3. The summed E-state index contributed by atoms with van der Waals surface area (Å²) in [4.78, 5) is 47.8. The number of benzene rings is 2. The number of sulfonamides is 1. The highest BCUT2D eigenvalue weighted by molar-refractivity contribution is 7.89. The summed E-state index contributed by atoms with van der Waals surface area (Å²) in [5, 5.41) is 6.66. The molecule has 2 aromatic carbocycles. The summed E-state index contributed by atoms with van der Waals surface area (Å²) in [6.45, 7) is -0.203. The molecular weight excluding hydrogens is 566 g/mol. The molecule has 2 amide bonds. The lowest BCUT2D eigenvalue weighted by Gasteiger charge is -2.33. The third-order valence-corrected chi connectivity index (χ3v) is 9.37. The van der Waals surface area contributed by atoms with Gasteiger partial charge in [0.15, 0.2) is 11.0 Å². The predicted octanol–water partition coefficient (Wildman–Crippen LogP) is 0.734. The van der Waals surface area contributed by atoms with Crippen molar-refractivity contribution < 1.29 is 22.8 Å². The fourth-order valence-electron chi connectivity index (χ4n) is 4.65. The molecule has 3 aromatic rings. The van der Waals surface area contributed by atoms with Gasteiger partial charge >= 0.3 is 0 Å².